The van der Waals surface area contributed by atoms with Crippen LogP contribution in [0.25, 0.3) is 6.08 Å². The van der Waals surface area contributed by atoms with Gasteiger partial charge < -0.3 is 10.6 Å². The van der Waals surface area contributed by atoms with Crippen molar-refractivity contribution in [2.75, 3.05) is 10.6 Å². The second kappa shape index (κ2) is 7.30. The topological polar surface area (TPSA) is 58.2 Å². The van der Waals surface area contributed by atoms with E-state index in [0.717, 1.165) is 24.0 Å². The summed E-state index contributed by atoms with van der Waals surface area (Å²) >= 11 is 0. The largest absolute Gasteiger partial charge is 0.326 e. The Morgan fingerprint density at radius 1 is 1.08 bits per heavy atom. The zero-order valence-corrected chi connectivity index (χ0v) is 13.9. The molecule has 0 heterocycles. The van der Waals surface area contributed by atoms with Crippen LogP contribution in [-0.2, 0) is 9.59 Å². The first kappa shape index (κ1) is 16.9. The quantitative estimate of drug-likeness (QED) is 0.805. The maximum Gasteiger partial charge on any atom is 0.248 e. The Balaban J connectivity index is 1.65. The molecule has 2 aromatic rings. The van der Waals surface area contributed by atoms with Gasteiger partial charge in [-0.25, -0.2) is 4.39 Å². The van der Waals surface area contributed by atoms with Crippen LogP contribution in [0.2, 0.25) is 0 Å². The fraction of sp³-hybridized carbons (Fsp3) is 0.200. The van der Waals surface area contributed by atoms with Crippen molar-refractivity contribution in [3.8, 4) is 0 Å². The number of amides is 2. The van der Waals surface area contributed by atoms with Crippen LogP contribution in [0.15, 0.2) is 48.5 Å². The van der Waals surface area contributed by atoms with Gasteiger partial charge in [0.2, 0.25) is 11.8 Å². The molecule has 4 nitrogen and oxygen atoms in total. The fourth-order valence-electron chi connectivity index (χ4n) is 2.34. The zero-order chi connectivity index (χ0) is 17.8. The molecule has 2 N–H and O–H groups in total. The lowest BCUT2D eigenvalue weighted by molar-refractivity contribution is -0.117. The van der Waals surface area contributed by atoms with Gasteiger partial charge in [0.1, 0.15) is 5.82 Å². The van der Waals surface area contributed by atoms with Crippen molar-refractivity contribution in [1.82, 2.24) is 0 Å². The van der Waals surface area contributed by atoms with Gasteiger partial charge in [0.25, 0.3) is 0 Å². The molecule has 1 aliphatic rings. The number of halogens is 1. The third kappa shape index (κ3) is 4.76. The van der Waals surface area contributed by atoms with Crippen molar-refractivity contribution in [3.05, 3.63) is 65.5 Å². The molecule has 0 unspecified atom stereocenters. The highest BCUT2D eigenvalue weighted by Crippen LogP contribution is 2.30. The Kier molecular flexibility index (Phi) is 4.93. The summed E-state index contributed by atoms with van der Waals surface area (Å²) in [6, 6.07) is 11.3. The zero-order valence-electron chi connectivity index (χ0n) is 13.9. The van der Waals surface area contributed by atoms with Gasteiger partial charge in [-0.15, -0.1) is 0 Å². The molecule has 1 aliphatic carbocycles. The molecule has 1 saturated carbocycles. The van der Waals surface area contributed by atoms with E-state index in [2.05, 4.69) is 10.6 Å². The minimum atomic E-state index is -0.317. The molecule has 5 heteroatoms. The minimum absolute atomic E-state index is 0.0253. The van der Waals surface area contributed by atoms with Crippen LogP contribution in [0.5, 0.6) is 0 Å². The third-order valence-corrected chi connectivity index (χ3v) is 4.01. The maximum absolute atomic E-state index is 12.9. The lowest BCUT2D eigenvalue weighted by atomic mass is 10.1. The minimum Gasteiger partial charge on any atom is -0.326 e. The monoisotopic (exact) mass is 338 g/mol. The van der Waals surface area contributed by atoms with E-state index in [1.165, 1.54) is 18.2 Å². The van der Waals surface area contributed by atoms with Crippen LogP contribution in [0.4, 0.5) is 15.8 Å². The Bertz CT molecular complexity index is 824. The number of nitrogens with one attached hydrogen (secondary N) is 2. The van der Waals surface area contributed by atoms with E-state index >= 15 is 0 Å². The van der Waals surface area contributed by atoms with Crippen LogP contribution in [0.3, 0.4) is 0 Å². The second-order valence-corrected chi connectivity index (χ2v) is 6.17. The Hall–Kier alpha value is -2.95. The number of aryl methyl sites for hydroxylation is 1. The first-order valence-electron chi connectivity index (χ1n) is 8.17. The SMILES string of the molecule is Cc1ccc(NC(=O)C2CC2)cc1NC(=O)C=Cc1ccc(F)cc1. The first-order valence-corrected chi connectivity index (χ1v) is 8.17. The van der Waals surface area contributed by atoms with Crippen molar-refractivity contribution in [2.24, 2.45) is 5.92 Å². The number of hydrogen-bond donors (Lipinski definition) is 2. The summed E-state index contributed by atoms with van der Waals surface area (Å²) in [6.07, 6.45) is 4.88. The van der Waals surface area contributed by atoms with Gasteiger partial charge in [-0.1, -0.05) is 18.2 Å². The van der Waals surface area contributed by atoms with Crippen LogP contribution in [-0.4, -0.2) is 11.8 Å². The van der Waals surface area contributed by atoms with Crippen LogP contribution in [0, 0.1) is 18.7 Å². The smallest absolute Gasteiger partial charge is 0.248 e. The van der Waals surface area contributed by atoms with Gasteiger partial charge in [0.15, 0.2) is 0 Å². The predicted molar refractivity (Wildman–Crippen MR) is 96.6 cm³/mol. The van der Waals surface area contributed by atoms with Crippen molar-refractivity contribution in [2.45, 2.75) is 19.8 Å². The number of anilines is 2. The lowest BCUT2D eigenvalue weighted by Gasteiger charge is -2.10. The predicted octanol–water partition coefficient (Wildman–Crippen LogP) is 4.13. The first-order chi connectivity index (χ1) is 12.0. The fourth-order valence-corrected chi connectivity index (χ4v) is 2.34. The normalized spacial score (nSPS) is 13.7. The number of benzene rings is 2. The van der Waals surface area contributed by atoms with Crippen LogP contribution in [0.1, 0.15) is 24.0 Å². The number of carbonyl (C=O) groups is 2. The van der Waals surface area contributed by atoms with Crippen LogP contribution < -0.4 is 10.6 Å². The molecular weight excluding hydrogens is 319 g/mol. The molecule has 0 bridgehead atoms. The Morgan fingerprint density at radius 2 is 1.80 bits per heavy atom. The standard InChI is InChI=1S/C20H19FN2O2/c1-13-2-10-17(22-20(25)15-6-7-15)12-18(13)23-19(24)11-5-14-3-8-16(21)9-4-14/h2-5,8-12,15H,6-7H2,1H3,(H,22,25)(H,23,24). The molecule has 0 aromatic heterocycles. The summed E-state index contributed by atoms with van der Waals surface area (Å²) in [5.74, 6) is -0.462. The van der Waals surface area contributed by atoms with Crippen molar-refractivity contribution >= 4 is 29.3 Å². The summed E-state index contributed by atoms with van der Waals surface area (Å²) in [7, 11) is 0. The van der Waals surface area contributed by atoms with Crippen molar-refractivity contribution in [1.29, 1.82) is 0 Å². The van der Waals surface area contributed by atoms with Gasteiger partial charge in [0.05, 0.1) is 0 Å². The molecule has 128 valence electrons. The Labute approximate surface area is 145 Å². The molecule has 3 rings (SSSR count). The molecule has 2 aromatic carbocycles. The maximum atomic E-state index is 12.9. The van der Waals surface area contributed by atoms with E-state index in [-0.39, 0.29) is 23.5 Å². The van der Waals surface area contributed by atoms with Crippen molar-refractivity contribution in [3.63, 3.8) is 0 Å². The molecule has 25 heavy (non-hydrogen) atoms. The summed E-state index contributed by atoms with van der Waals surface area (Å²) in [5.41, 5.74) is 2.94. The van der Waals surface area contributed by atoms with E-state index in [1.807, 2.05) is 19.1 Å². The van der Waals surface area contributed by atoms with E-state index < -0.39 is 0 Å². The van der Waals surface area contributed by atoms with Gasteiger partial charge in [0, 0.05) is 23.4 Å². The molecule has 0 aliphatic heterocycles. The van der Waals surface area contributed by atoms with Crippen LogP contribution >= 0.6 is 0 Å². The van der Waals surface area contributed by atoms with Gasteiger partial charge in [-0.3, -0.25) is 9.59 Å². The average molecular weight is 338 g/mol. The van der Waals surface area contributed by atoms with Gasteiger partial charge >= 0.3 is 0 Å². The van der Waals surface area contributed by atoms with E-state index in [9.17, 15) is 14.0 Å². The third-order valence-electron chi connectivity index (χ3n) is 4.01. The van der Waals surface area contributed by atoms with Gasteiger partial charge in [-0.05, 0) is 61.2 Å². The number of hydrogen-bond acceptors (Lipinski definition) is 2. The van der Waals surface area contributed by atoms with E-state index in [1.54, 1.807) is 24.3 Å². The highest BCUT2D eigenvalue weighted by molar-refractivity contribution is 6.03. The number of rotatable bonds is 5. The molecule has 0 saturated heterocycles. The van der Waals surface area contributed by atoms with E-state index in [0.29, 0.717) is 11.4 Å². The molecule has 2 amide bonds. The molecule has 0 spiro atoms. The number of carbonyl (C=O) groups excluding carboxylic acids is 2. The summed E-state index contributed by atoms with van der Waals surface area (Å²) in [5, 5.41) is 5.66. The summed E-state index contributed by atoms with van der Waals surface area (Å²) < 4.78 is 12.9. The van der Waals surface area contributed by atoms with Gasteiger partial charge in [-0.2, -0.15) is 0 Å². The molecule has 0 radical (unpaired) electrons. The molecule has 0 atom stereocenters. The second-order valence-electron chi connectivity index (χ2n) is 6.17. The summed E-state index contributed by atoms with van der Waals surface area (Å²) in [6.45, 7) is 1.88. The molecular formula is C20H19FN2O2. The molecule has 1 fully saturated rings. The Morgan fingerprint density at radius 3 is 2.48 bits per heavy atom. The lowest BCUT2D eigenvalue weighted by Crippen LogP contribution is -2.14. The highest BCUT2D eigenvalue weighted by Gasteiger charge is 2.29. The summed E-state index contributed by atoms with van der Waals surface area (Å²) in [4.78, 5) is 23.9. The average Bonchev–Trinajstić information content (AvgIpc) is 3.42. The van der Waals surface area contributed by atoms with Crippen molar-refractivity contribution < 1.29 is 14.0 Å². The van der Waals surface area contributed by atoms with E-state index in [4.69, 9.17) is 0 Å². The highest BCUT2D eigenvalue weighted by atomic mass is 19.1.